The van der Waals surface area contributed by atoms with Gasteiger partial charge in [0.05, 0.1) is 0 Å². The molecule has 0 bridgehead atoms. The Morgan fingerprint density at radius 1 is 1.46 bits per heavy atom. The maximum Gasteiger partial charge on any atom is 0.488 e. The lowest BCUT2D eigenvalue weighted by molar-refractivity contribution is -0.107. The van der Waals surface area contributed by atoms with Crippen LogP contribution in [0.1, 0.15) is 0 Å². The van der Waals surface area contributed by atoms with Gasteiger partial charge in [-0.15, -0.1) is 0 Å². The zero-order valence-corrected chi connectivity index (χ0v) is 7.21. The third-order valence-corrected chi connectivity index (χ3v) is 1.73. The molecule has 1 aromatic rings. The second-order valence-electron chi connectivity index (χ2n) is 2.68. The first-order valence-corrected chi connectivity index (χ1v) is 3.79. The van der Waals surface area contributed by atoms with Crippen LogP contribution < -0.4 is 10.4 Å². The van der Waals surface area contributed by atoms with Gasteiger partial charge < -0.3 is 14.9 Å². The molecule has 5 heteroatoms. The number of hydrogen-bond acceptors (Lipinski definition) is 3. The van der Waals surface area contributed by atoms with E-state index in [-0.39, 0.29) is 0 Å². The molecular formula is C8H10BNO3. The molecule has 2 N–H and O–H groups in total. The largest absolute Gasteiger partial charge is 0.488 e. The molecule has 0 aliphatic carbocycles. The molecule has 0 spiro atoms. The van der Waals surface area contributed by atoms with Crippen molar-refractivity contribution >= 4 is 24.7 Å². The third-order valence-electron chi connectivity index (χ3n) is 1.73. The summed E-state index contributed by atoms with van der Waals surface area (Å²) in [4.78, 5) is 11.7. The van der Waals surface area contributed by atoms with Crippen molar-refractivity contribution in [2.75, 3.05) is 11.9 Å². The normalized spacial score (nSPS) is 9.46. The summed E-state index contributed by atoms with van der Waals surface area (Å²) >= 11 is 0. The minimum atomic E-state index is -1.50. The van der Waals surface area contributed by atoms with E-state index in [1.165, 1.54) is 4.90 Å². The van der Waals surface area contributed by atoms with Crippen molar-refractivity contribution in [3.63, 3.8) is 0 Å². The van der Waals surface area contributed by atoms with Crippen LogP contribution in [0.15, 0.2) is 24.3 Å². The summed E-state index contributed by atoms with van der Waals surface area (Å²) in [5.74, 6) is 0. The van der Waals surface area contributed by atoms with Gasteiger partial charge in [0.15, 0.2) is 0 Å². The molecule has 68 valence electrons. The Labute approximate surface area is 76.6 Å². The smallest absolute Gasteiger partial charge is 0.423 e. The van der Waals surface area contributed by atoms with Gasteiger partial charge >= 0.3 is 7.12 Å². The maximum atomic E-state index is 10.4. The van der Waals surface area contributed by atoms with Gasteiger partial charge in [-0.05, 0) is 17.6 Å². The van der Waals surface area contributed by atoms with Gasteiger partial charge in [0.1, 0.15) is 0 Å². The van der Waals surface area contributed by atoms with Crippen LogP contribution in [0, 0.1) is 0 Å². The molecule has 0 aromatic heterocycles. The number of carbonyl (C=O) groups is 1. The van der Waals surface area contributed by atoms with E-state index in [9.17, 15) is 4.79 Å². The Bertz CT molecular complexity index is 303. The maximum absolute atomic E-state index is 10.4. The zero-order valence-electron chi connectivity index (χ0n) is 7.21. The minimum absolute atomic E-state index is 0.367. The third kappa shape index (κ3) is 2.30. The van der Waals surface area contributed by atoms with Gasteiger partial charge in [0, 0.05) is 12.7 Å². The molecule has 13 heavy (non-hydrogen) atoms. The Balaban J connectivity index is 2.97. The van der Waals surface area contributed by atoms with Gasteiger partial charge in [0.2, 0.25) is 6.41 Å². The molecule has 0 fully saturated rings. The van der Waals surface area contributed by atoms with Crippen LogP contribution in [-0.2, 0) is 4.79 Å². The molecule has 1 aromatic carbocycles. The van der Waals surface area contributed by atoms with Crippen molar-refractivity contribution in [3.05, 3.63) is 24.3 Å². The molecule has 0 saturated carbocycles. The topological polar surface area (TPSA) is 60.8 Å². The Morgan fingerprint density at radius 2 is 2.15 bits per heavy atom. The van der Waals surface area contributed by atoms with E-state index in [2.05, 4.69) is 0 Å². The van der Waals surface area contributed by atoms with Crippen LogP contribution in [0.25, 0.3) is 0 Å². The summed E-state index contributed by atoms with van der Waals surface area (Å²) in [6, 6.07) is 6.48. The Hall–Kier alpha value is -1.33. The Kier molecular flexibility index (Phi) is 3.05. The van der Waals surface area contributed by atoms with E-state index >= 15 is 0 Å². The van der Waals surface area contributed by atoms with Crippen LogP contribution in [0.2, 0.25) is 0 Å². The highest BCUT2D eigenvalue weighted by molar-refractivity contribution is 6.58. The van der Waals surface area contributed by atoms with Crippen LogP contribution in [0.5, 0.6) is 0 Å². The van der Waals surface area contributed by atoms with E-state index < -0.39 is 7.12 Å². The van der Waals surface area contributed by atoms with Crippen LogP contribution in [0.4, 0.5) is 5.69 Å². The van der Waals surface area contributed by atoms with Crippen LogP contribution >= 0.6 is 0 Å². The molecule has 1 amide bonds. The zero-order chi connectivity index (χ0) is 9.84. The van der Waals surface area contributed by atoms with E-state index in [0.29, 0.717) is 17.6 Å². The van der Waals surface area contributed by atoms with Gasteiger partial charge in [-0.25, -0.2) is 0 Å². The lowest BCUT2D eigenvalue weighted by atomic mass is 9.80. The molecular weight excluding hydrogens is 169 g/mol. The first-order valence-electron chi connectivity index (χ1n) is 3.79. The van der Waals surface area contributed by atoms with Gasteiger partial charge in [-0.1, -0.05) is 12.1 Å². The lowest BCUT2D eigenvalue weighted by Crippen LogP contribution is -2.30. The summed E-state index contributed by atoms with van der Waals surface area (Å²) in [7, 11) is 0.0931. The fourth-order valence-electron chi connectivity index (χ4n) is 0.966. The number of hydrogen-bond donors (Lipinski definition) is 2. The number of rotatable bonds is 3. The summed E-state index contributed by atoms with van der Waals surface area (Å²) in [6.07, 6.45) is 0.656. The average molecular weight is 179 g/mol. The van der Waals surface area contributed by atoms with Crippen LogP contribution in [0.3, 0.4) is 0 Å². The SMILES string of the molecule is CN(C=O)c1cccc(B(O)O)c1. The quantitative estimate of drug-likeness (QED) is 0.460. The number of benzene rings is 1. The van der Waals surface area contributed by atoms with E-state index in [1.807, 2.05) is 0 Å². The van der Waals surface area contributed by atoms with Gasteiger partial charge in [-0.3, -0.25) is 4.79 Å². The predicted octanol–water partition coefficient (Wildman–Crippen LogP) is -1.04. The van der Waals surface area contributed by atoms with Crippen molar-refractivity contribution < 1.29 is 14.8 Å². The number of carbonyl (C=O) groups excluding carboxylic acids is 1. The van der Waals surface area contributed by atoms with Crippen LogP contribution in [-0.4, -0.2) is 30.6 Å². The molecule has 0 aliphatic heterocycles. The molecule has 4 nitrogen and oxygen atoms in total. The predicted molar refractivity (Wildman–Crippen MR) is 50.7 cm³/mol. The first kappa shape index (κ1) is 9.76. The second kappa shape index (κ2) is 4.07. The van der Waals surface area contributed by atoms with Gasteiger partial charge in [0.25, 0.3) is 0 Å². The summed E-state index contributed by atoms with van der Waals surface area (Å²) < 4.78 is 0. The molecule has 0 atom stereocenters. The molecule has 0 aliphatic rings. The monoisotopic (exact) mass is 179 g/mol. The molecule has 0 unspecified atom stereocenters. The summed E-state index contributed by atoms with van der Waals surface area (Å²) in [6.45, 7) is 0. The standard InChI is InChI=1S/C8H10BNO3/c1-10(6-11)8-4-2-3-7(5-8)9(12)13/h2-6,12-13H,1H3. The Morgan fingerprint density at radius 3 is 2.69 bits per heavy atom. The minimum Gasteiger partial charge on any atom is -0.423 e. The van der Waals surface area contributed by atoms with Crippen molar-refractivity contribution in [2.45, 2.75) is 0 Å². The van der Waals surface area contributed by atoms with Gasteiger partial charge in [-0.2, -0.15) is 0 Å². The molecule has 0 heterocycles. The molecule has 0 saturated heterocycles. The molecule has 1 rings (SSSR count). The molecule has 0 radical (unpaired) electrons. The number of anilines is 1. The van der Waals surface area contributed by atoms with E-state index in [0.717, 1.165) is 0 Å². The summed E-state index contributed by atoms with van der Waals surface area (Å²) in [5.41, 5.74) is 0.992. The summed E-state index contributed by atoms with van der Waals surface area (Å²) in [5, 5.41) is 17.7. The lowest BCUT2D eigenvalue weighted by Gasteiger charge is -2.11. The van der Waals surface area contributed by atoms with Crippen molar-refractivity contribution in [2.24, 2.45) is 0 Å². The number of amides is 1. The number of nitrogens with zero attached hydrogens (tertiary/aromatic N) is 1. The average Bonchev–Trinajstić information content (AvgIpc) is 2.17. The van der Waals surface area contributed by atoms with E-state index in [1.54, 1.807) is 31.3 Å². The van der Waals surface area contributed by atoms with Crippen molar-refractivity contribution in [1.29, 1.82) is 0 Å². The van der Waals surface area contributed by atoms with E-state index in [4.69, 9.17) is 10.0 Å². The first-order chi connectivity index (χ1) is 6.15. The highest BCUT2D eigenvalue weighted by Crippen LogP contribution is 2.07. The highest BCUT2D eigenvalue weighted by atomic mass is 16.4. The van der Waals surface area contributed by atoms with Crippen molar-refractivity contribution in [1.82, 2.24) is 0 Å². The fourth-order valence-corrected chi connectivity index (χ4v) is 0.966. The second-order valence-corrected chi connectivity index (χ2v) is 2.68. The fraction of sp³-hybridized carbons (Fsp3) is 0.125. The highest BCUT2D eigenvalue weighted by Gasteiger charge is 2.11. The van der Waals surface area contributed by atoms with Crippen molar-refractivity contribution in [3.8, 4) is 0 Å².